The summed E-state index contributed by atoms with van der Waals surface area (Å²) in [6.45, 7) is 3.97. The zero-order chi connectivity index (χ0) is 14.9. The number of benzene rings is 2. The molecule has 2 rings (SSSR count). The molecule has 0 aliphatic rings. The lowest BCUT2D eigenvalue weighted by Crippen LogP contribution is -2.19. The number of aromatic hydroxyl groups is 2. The van der Waals surface area contributed by atoms with Crippen molar-refractivity contribution in [3.05, 3.63) is 59.2 Å². The summed E-state index contributed by atoms with van der Waals surface area (Å²) in [5, 5.41) is 37.5. The van der Waals surface area contributed by atoms with Crippen molar-refractivity contribution >= 4 is 0 Å². The van der Waals surface area contributed by atoms with E-state index in [0.717, 1.165) is 11.1 Å². The number of hydrogen-bond acceptors (Lipinski definition) is 4. The zero-order valence-corrected chi connectivity index (χ0v) is 11.4. The van der Waals surface area contributed by atoms with E-state index in [2.05, 4.69) is 0 Å². The van der Waals surface area contributed by atoms with Crippen LogP contribution in [0.5, 0.6) is 11.5 Å². The Hall–Kier alpha value is -2.04. The Bertz CT molecular complexity index is 600. The van der Waals surface area contributed by atoms with Crippen molar-refractivity contribution in [2.24, 2.45) is 0 Å². The molecule has 0 spiro atoms. The average molecular weight is 274 g/mol. The molecule has 0 saturated carbocycles. The first-order valence-electron chi connectivity index (χ1n) is 6.31. The Kier molecular flexibility index (Phi) is 3.70. The fraction of sp³-hybridized carbons (Fsp3) is 0.250. The van der Waals surface area contributed by atoms with E-state index in [1.165, 1.54) is 6.07 Å². The van der Waals surface area contributed by atoms with Crippen molar-refractivity contribution < 1.29 is 20.4 Å². The minimum absolute atomic E-state index is 0.0781. The van der Waals surface area contributed by atoms with Gasteiger partial charge in [0.1, 0.15) is 11.5 Å². The Morgan fingerprint density at radius 2 is 1.40 bits per heavy atom. The number of rotatable bonds is 3. The van der Waals surface area contributed by atoms with Gasteiger partial charge in [-0.15, -0.1) is 0 Å². The SMILES string of the molecule is CC(C)(c1ccc(O)cc1)c1ccc(O)c(C(O)O)c1. The molecule has 4 heteroatoms. The van der Waals surface area contributed by atoms with E-state index >= 15 is 0 Å². The third kappa shape index (κ3) is 2.61. The molecule has 0 atom stereocenters. The molecule has 0 unspecified atom stereocenters. The molecular weight excluding hydrogens is 256 g/mol. The number of aliphatic hydroxyl groups is 2. The Labute approximate surface area is 117 Å². The van der Waals surface area contributed by atoms with Crippen LogP contribution in [0, 0.1) is 0 Å². The second-order valence-corrected chi connectivity index (χ2v) is 5.32. The Morgan fingerprint density at radius 3 is 1.95 bits per heavy atom. The van der Waals surface area contributed by atoms with Crippen molar-refractivity contribution in [3.63, 3.8) is 0 Å². The first kappa shape index (κ1) is 14.4. The molecular formula is C16H18O4. The predicted octanol–water partition coefficient (Wildman–Crippen LogP) is 2.41. The van der Waals surface area contributed by atoms with Gasteiger partial charge in [-0.2, -0.15) is 0 Å². The third-order valence-corrected chi connectivity index (χ3v) is 3.62. The van der Waals surface area contributed by atoms with Gasteiger partial charge in [0.15, 0.2) is 6.29 Å². The monoisotopic (exact) mass is 274 g/mol. The first-order chi connectivity index (χ1) is 9.32. The van der Waals surface area contributed by atoms with Crippen molar-refractivity contribution in [1.29, 1.82) is 0 Å². The van der Waals surface area contributed by atoms with Gasteiger partial charge < -0.3 is 20.4 Å². The van der Waals surface area contributed by atoms with Crippen LogP contribution >= 0.6 is 0 Å². The van der Waals surface area contributed by atoms with Crippen LogP contribution in [0.25, 0.3) is 0 Å². The maximum absolute atomic E-state index is 9.63. The largest absolute Gasteiger partial charge is 0.508 e. The predicted molar refractivity (Wildman–Crippen MR) is 75.5 cm³/mol. The van der Waals surface area contributed by atoms with Gasteiger partial charge in [0.05, 0.1) is 0 Å². The molecule has 0 radical (unpaired) electrons. The fourth-order valence-electron chi connectivity index (χ4n) is 2.19. The summed E-state index contributed by atoms with van der Waals surface area (Å²) in [5.41, 5.74) is 1.49. The lowest BCUT2D eigenvalue weighted by molar-refractivity contribution is -0.0439. The topological polar surface area (TPSA) is 80.9 Å². The molecule has 0 saturated heterocycles. The smallest absolute Gasteiger partial charge is 0.182 e. The summed E-state index contributed by atoms with van der Waals surface area (Å²) in [6.07, 6.45) is -1.72. The average Bonchev–Trinajstić information content (AvgIpc) is 2.39. The minimum Gasteiger partial charge on any atom is -0.508 e. The van der Waals surface area contributed by atoms with Gasteiger partial charge in [-0.05, 0) is 35.4 Å². The molecule has 0 aliphatic carbocycles. The van der Waals surface area contributed by atoms with E-state index in [1.807, 2.05) is 26.0 Å². The van der Waals surface area contributed by atoms with Gasteiger partial charge >= 0.3 is 0 Å². The maximum Gasteiger partial charge on any atom is 0.182 e. The summed E-state index contributed by atoms with van der Waals surface area (Å²) in [6, 6.07) is 11.6. The van der Waals surface area contributed by atoms with Crippen LogP contribution < -0.4 is 0 Å². The van der Waals surface area contributed by atoms with E-state index in [0.29, 0.717) is 0 Å². The molecule has 0 amide bonds. The van der Waals surface area contributed by atoms with Crippen LogP contribution in [-0.4, -0.2) is 20.4 Å². The molecule has 0 fully saturated rings. The Balaban J connectivity index is 2.48. The van der Waals surface area contributed by atoms with Gasteiger partial charge in [-0.1, -0.05) is 32.0 Å². The van der Waals surface area contributed by atoms with E-state index in [-0.39, 0.29) is 17.1 Å². The quantitative estimate of drug-likeness (QED) is 0.648. The molecule has 2 aromatic rings. The van der Waals surface area contributed by atoms with Gasteiger partial charge in [-0.3, -0.25) is 0 Å². The Morgan fingerprint density at radius 1 is 0.850 bits per heavy atom. The van der Waals surface area contributed by atoms with Gasteiger partial charge in [-0.25, -0.2) is 0 Å². The van der Waals surface area contributed by atoms with Crippen molar-refractivity contribution in [3.8, 4) is 11.5 Å². The molecule has 0 bridgehead atoms. The van der Waals surface area contributed by atoms with E-state index < -0.39 is 11.7 Å². The molecule has 106 valence electrons. The number of aliphatic hydroxyl groups excluding tert-OH is 1. The number of phenols is 2. The van der Waals surface area contributed by atoms with Gasteiger partial charge in [0.2, 0.25) is 0 Å². The van der Waals surface area contributed by atoms with Crippen molar-refractivity contribution in [2.75, 3.05) is 0 Å². The minimum atomic E-state index is -1.72. The maximum atomic E-state index is 9.63. The highest BCUT2D eigenvalue weighted by Gasteiger charge is 2.24. The van der Waals surface area contributed by atoms with Crippen LogP contribution in [0.4, 0.5) is 0 Å². The van der Waals surface area contributed by atoms with Gasteiger partial charge in [0, 0.05) is 11.0 Å². The highest BCUT2D eigenvalue weighted by molar-refractivity contribution is 5.45. The van der Waals surface area contributed by atoms with Crippen LogP contribution in [0.1, 0.15) is 36.8 Å². The van der Waals surface area contributed by atoms with Crippen LogP contribution in [0.2, 0.25) is 0 Å². The normalized spacial score (nSPS) is 11.8. The van der Waals surface area contributed by atoms with Crippen molar-refractivity contribution in [1.82, 2.24) is 0 Å². The fourth-order valence-corrected chi connectivity index (χ4v) is 2.19. The van der Waals surface area contributed by atoms with Crippen LogP contribution in [0.3, 0.4) is 0 Å². The van der Waals surface area contributed by atoms with Crippen molar-refractivity contribution in [2.45, 2.75) is 25.6 Å². The lowest BCUT2D eigenvalue weighted by Gasteiger charge is -2.27. The molecule has 0 aromatic heterocycles. The third-order valence-electron chi connectivity index (χ3n) is 3.62. The van der Waals surface area contributed by atoms with E-state index in [9.17, 15) is 20.4 Å². The molecule has 4 N–H and O–H groups in total. The summed E-state index contributed by atoms with van der Waals surface area (Å²) in [5.74, 6) is 0.0481. The second-order valence-electron chi connectivity index (χ2n) is 5.32. The van der Waals surface area contributed by atoms with Gasteiger partial charge in [0.25, 0.3) is 0 Å². The molecule has 20 heavy (non-hydrogen) atoms. The van der Waals surface area contributed by atoms with E-state index in [4.69, 9.17) is 0 Å². The molecule has 2 aromatic carbocycles. The zero-order valence-electron chi connectivity index (χ0n) is 11.4. The lowest BCUT2D eigenvalue weighted by atomic mass is 9.77. The van der Waals surface area contributed by atoms with Crippen LogP contribution in [0.15, 0.2) is 42.5 Å². The number of hydrogen-bond donors (Lipinski definition) is 4. The standard InChI is InChI=1S/C16H18O4/c1-16(2,10-3-6-12(17)7-4-10)11-5-8-14(18)13(9-11)15(19)20/h3-9,15,17-20H,1-2H3. The molecule has 0 heterocycles. The first-order valence-corrected chi connectivity index (χ1v) is 6.31. The highest BCUT2D eigenvalue weighted by atomic mass is 16.5. The molecule has 0 aliphatic heterocycles. The molecule has 4 nitrogen and oxygen atoms in total. The summed E-state index contributed by atoms with van der Waals surface area (Å²) < 4.78 is 0. The number of phenolic OH excluding ortho intramolecular Hbond substituents is 2. The summed E-state index contributed by atoms with van der Waals surface area (Å²) in [4.78, 5) is 0. The van der Waals surface area contributed by atoms with E-state index in [1.54, 1.807) is 24.3 Å². The highest BCUT2D eigenvalue weighted by Crippen LogP contribution is 2.35. The van der Waals surface area contributed by atoms with Crippen LogP contribution in [-0.2, 0) is 5.41 Å². The summed E-state index contributed by atoms with van der Waals surface area (Å²) in [7, 11) is 0. The summed E-state index contributed by atoms with van der Waals surface area (Å²) >= 11 is 0. The second kappa shape index (κ2) is 5.15.